The zero-order valence-corrected chi connectivity index (χ0v) is 11.7. The van der Waals surface area contributed by atoms with Gasteiger partial charge in [0.2, 0.25) is 5.78 Å². The van der Waals surface area contributed by atoms with Crippen molar-refractivity contribution < 1.29 is 4.79 Å². The summed E-state index contributed by atoms with van der Waals surface area (Å²) in [4.78, 5) is 29.7. The third kappa shape index (κ3) is 1.47. The molecule has 0 bridgehead atoms. The number of hydrogen-bond acceptors (Lipinski definition) is 3. The van der Waals surface area contributed by atoms with Gasteiger partial charge < -0.3 is 0 Å². The minimum Gasteiger partial charge on any atom is -0.285 e. The topological polar surface area (TPSA) is 52.0 Å². The number of para-hydroxylation sites is 1. The van der Waals surface area contributed by atoms with Gasteiger partial charge in [0.25, 0.3) is 5.56 Å². The Morgan fingerprint density at radius 3 is 2.62 bits per heavy atom. The molecule has 1 aliphatic heterocycles. The van der Waals surface area contributed by atoms with Gasteiger partial charge in [-0.15, -0.1) is 0 Å². The average molecular weight is 276 g/mol. The van der Waals surface area contributed by atoms with Crippen molar-refractivity contribution in [2.75, 3.05) is 0 Å². The summed E-state index contributed by atoms with van der Waals surface area (Å²) < 4.78 is 1.45. The van der Waals surface area contributed by atoms with E-state index in [0.29, 0.717) is 22.2 Å². The molecule has 0 fully saturated rings. The molecule has 0 unspecified atom stereocenters. The number of fused-ring (bicyclic) bond motifs is 4. The van der Waals surface area contributed by atoms with E-state index >= 15 is 0 Å². The van der Waals surface area contributed by atoms with Gasteiger partial charge in [-0.1, -0.05) is 18.2 Å². The minimum atomic E-state index is -0.186. The Labute approximate surface area is 120 Å². The summed E-state index contributed by atoms with van der Waals surface area (Å²) in [5.74, 6) is 0.0297. The molecule has 102 valence electrons. The van der Waals surface area contributed by atoms with Crippen LogP contribution < -0.4 is 5.56 Å². The van der Waals surface area contributed by atoms with Crippen LogP contribution >= 0.6 is 0 Å². The first-order chi connectivity index (χ1) is 10.1. The fourth-order valence-electron chi connectivity index (χ4n) is 3.04. The number of carbonyl (C=O) groups is 1. The number of benzene rings is 2. The molecule has 0 amide bonds. The molecule has 0 saturated heterocycles. The molecule has 0 radical (unpaired) electrons. The molecule has 21 heavy (non-hydrogen) atoms. The number of aromatic nitrogens is 2. The third-order valence-electron chi connectivity index (χ3n) is 3.89. The molecule has 0 aliphatic carbocycles. The van der Waals surface area contributed by atoms with Gasteiger partial charge in [0, 0.05) is 0 Å². The predicted octanol–water partition coefficient (Wildman–Crippen LogP) is 2.55. The third-order valence-corrected chi connectivity index (χ3v) is 3.89. The highest BCUT2D eigenvalue weighted by Gasteiger charge is 2.31. The maximum Gasteiger partial charge on any atom is 0.266 e. The molecule has 0 atom stereocenters. The van der Waals surface area contributed by atoms with E-state index in [9.17, 15) is 9.59 Å². The maximum atomic E-state index is 12.7. The highest BCUT2D eigenvalue weighted by atomic mass is 16.1. The fraction of sp³-hybridized carbons (Fsp3) is 0.118. The summed E-state index contributed by atoms with van der Waals surface area (Å²) in [5, 5.41) is 0.530. The van der Waals surface area contributed by atoms with Crippen LogP contribution in [-0.4, -0.2) is 15.3 Å². The fourth-order valence-corrected chi connectivity index (χ4v) is 3.04. The molecule has 2 heterocycles. The standard InChI is InChI=1S/C17H12N2O2/c1-9-7-10(2)14-12(8-9)15(20)16-18-13-6-4-3-5-11(13)17(21)19(14)16/h3-8H,1-2H3. The first-order valence-electron chi connectivity index (χ1n) is 6.76. The molecule has 1 aromatic heterocycles. The molecule has 4 nitrogen and oxygen atoms in total. The minimum absolute atomic E-state index is 0.181. The Kier molecular flexibility index (Phi) is 2.22. The van der Waals surface area contributed by atoms with Crippen molar-refractivity contribution in [1.29, 1.82) is 0 Å². The first kappa shape index (κ1) is 12.0. The summed E-state index contributed by atoms with van der Waals surface area (Å²) in [6.07, 6.45) is 0. The molecule has 4 heteroatoms. The molecule has 3 aromatic rings. The summed E-state index contributed by atoms with van der Waals surface area (Å²) in [7, 11) is 0. The summed E-state index contributed by atoms with van der Waals surface area (Å²) in [5.41, 5.74) is 3.52. The number of aryl methyl sites for hydroxylation is 2. The second-order valence-electron chi connectivity index (χ2n) is 5.40. The molecule has 4 rings (SSSR count). The number of ketones is 1. The zero-order valence-electron chi connectivity index (χ0n) is 11.7. The number of rotatable bonds is 0. The van der Waals surface area contributed by atoms with E-state index in [2.05, 4.69) is 4.98 Å². The SMILES string of the molecule is Cc1cc(C)c2c(c1)C(=O)c1nc3ccccc3c(=O)n1-2. The molecular weight excluding hydrogens is 264 g/mol. The van der Waals surface area contributed by atoms with Crippen LogP contribution in [0.4, 0.5) is 0 Å². The lowest BCUT2D eigenvalue weighted by Gasteiger charge is -2.08. The van der Waals surface area contributed by atoms with E-state index < -0.39 is 0 Å². The monoisotopic (exact) mass is 276 g/mol. The van der Waals surface area contributed by atoms with Crippen LogP contribution in [0.2, 0.25) is 0 Å². The van der Waals surface area contributed by atoms with Crippen molar-refractivity contribution in [3.8, 4) is 5.69 Å². The van der Waals surface area contributed by atoms with Gasteiger partial charge >= 0.3 is 0 Å². The zero-order chi connectivity index (χ0) is 14.7. The van der Waals surface area contributed by atoms with Crippen LogP contribution in [0.5, 0.6) is 0 Å². The van der Waals surface area contributed by atoms with Gasteiger partial charge in [0.15, 0.2) is 5.82 Å². The van der Waals surface area contributed by atoms with E-state index in [0.717, 1.165) is 11.1 Å². The lowest BCUT2D eigenvalue weighted by Crippen LogP contribution is -2.21. The van der Waals surface area contributed by atoms with Crippen molar-refractivity contribution in [2.45, 2.75) is 13.8 Å². The van der Waals surface area contributed by atoms with E-state index in [1.807, 2.05) is 32.0 Å². The first-order valence-corrected chi connectivity index (χ1v) is 6.76. The quantitative estimate of drug-likeness (QED) is 0.496. The molecule has 0 spiro atoms. The molecule has 2 aromatic carbocycles. The number of nitrogens with zero attached hydrogens (tertiary/aromatic N) is 2. The Hall–Kier alpha value is -2.75. The predicted molar refractivity (Wildman–Crippen MR) is 80.2 cm³/mol. The van der Waals surface area contributed by atoms with Crippen molar-refractivity contribution in [3.05, 3.63) is 69.3 Å². The van der Waals surface area contributed by atoms with Crippen LogP contribution in [0.3, 0.4) is 0 Å². The summed E-state index contributed by atoms with van der Waals surface area (Å²) in [6.45, 7) is 3.85. The highest BCUT2D eigenvalue weighted by Crippen LogP contribution is 2.29. The Morgan fingerprint density at radius 2 is 1.81 bits per heavy atom. The highest BCUT2D eigenvalue weighted by molar-refractivity contribution is 6.13. The molecule has 1 aliphatic rings. The second-order valence-corrected chi connectivity index (χ2v) is 5.40. The summed E-state index contributed by atoms with van der Waals surface area (Å²) in [6, 6.07) is 10.9. The average Bonchev–Trinajstić information content (AvgIpc) is 2.74. The Balaban J connectivity index is 2.22. The van der Waals surface area contributed by atoms with Crippen molar-refractivity contribution in [3.63, 3.8) is 0 Å². The van der Waals surface area contributed by atoms with E-state index in [1.54, 1.807) is 18.2 Å². The lowest BCUT2D eigenvalue weighted by molar-refractivity contribution is 0.103. The van der Waals surface area contributed by atoms with Gasteiger partial charge in [-0.2, -0.15) is 0 Å². The van der Waals surface area contributed by atoms with Crippen molar-refractivity contribution >= 4 is 16.7 Å². The second kappa shape index (κ2) is 3.88. The van der Waals surface area contributed by atoms with Gasteiger partial charge in [-0.05, 0) is 43.2 Å². The Morgan fingerprint density at radius 1 is 1.05 bits per heavy atom. The van der Waals surface area contributed by atoms with Gasteiger partial charge in [0.05, 0.1) is 22.2 Å². The van der Waals surface area contributed by atoms with Crippen molar-refractivity contribution in [1.82, 2.24) is 9.55 Å². The van der Waals surface area contributed by atoms with Crippen LogP contribution in [0.15, 0.2) is 41.2 Å². The number of carbonyl (C=O) groups excluding carboxylic acids is 1. The molecular formula is C17H12N2O2. The molecule has 0 saturated carbocycles. The van der Waals surface area contributed by atoms with Gasteiger partial charge in [0.1, 0.15) is 0 Å². The van der Waals surface area contributed by atoms with Crippen LogP contribution in [0, 0.1) is 13.8 Å². The van der Waals surface area contributed by atoms with Crippen LogP contribution in [0.25, 0.3) is 16.6 Å². The van der Waals surface area contributed by atoms with Crippen molar-refractivity contribution in [2.24, 2.45) is 0 Å². The number of hydrogen-bond donors (Lipinski definition) is 0. The largest absolute Gasteiger partial charge is 0.285 e. The summed E-state index contributed by atoms with van der Waals surface area (Å²) >= 11 is 0. The van der Waals surface area contributed by atoms with E-state index in [-0.39, 0.29) is 17.2 Å². The Bertz CT molecular complexity index is 1000. The lowest BCUT2D eigenvalue weighted by atomic mass is 10.0. The molecule has 0 N–H and O–H groups in total. The van der Waals surface area contributed by atoms with Gasteiger partial charge in [-0.25, -0.2) is 4.98 Å². The van der Waals surface area contributed by atoms with Crippen LogP contribution in [-0.2, 0) is 0 Å². The maximum absolute atomic E-state index is 12.7. The smallest absolute Gasteiger partial charge is 0.266 e. The van der Waals surface area contributed by atoms with Gasteiger partial charge in [-0.3, -0.25) is 14.2 Å². The van der Waals surface area contributed by atoms with E-state index in [4.69, 9.17) is 0 Å². The normalized spacial score (nSPS) is 12.6. The van der Waals surface area contributed by atoms with Crippen LogP contribution in [0.1, 0.15) is 27.3 Å². The van der Waals surface area contributed by atoms with E-state index in [1.165, 1.54) is 4.57 Å².